The van der Waals surface area contributed by atoms with E-state index < -0.39 is 18.8 Å². The summed E-state index contributed by atoms with van der Waals surface area (Å²) in [4.78, 5) is 25.7. The van der Waals surface area contributed by atoms with Gasteiger partial charge in [-0.25, -0.2) is 4.79 Å². The van der Waals surface area contributed by atoms with Crippen molar-refractivity contribution in [1.82, 2.24) is 10.2 Å². The molecule has 0 spiro atoms. The lowest BCUT2D eigenvalue weighted by Gasteiger charge is -2.16. The van der Waals surface area contributed by atoms with Crippen molar-refractivity contribution < 1.29 is 27.5 Å². The Morgan fingerprint density at radius 3 is 2.50 bits per heavy atom. The van der Waals surface area contributed by atoms with Crippen LogP contribution in [0.5, 0.6) is 5.75 Å². The van der Waals surface area contributed by atoms with E-state index in [2.05, 4.69) is 15.4 Å². The summed E-state index contributed by atoms with van der Waals surface area (Å²) in [5, 5.41) is 5.34. The van der Waals surface area contributed by atoms with E-state index in [1.54, 1.807) is 0 Å². The molecule has 160 valence electrons. The molecule has 0 radical (unpaired) electrons. The molecule has 1 heterocycles. The minimum atomic E-state index is -4.40. The zero-order valence-electron chi connectivity index (χ0n) is 16.2. The van der Waals surface area contributed by atoms with Crippen molar-refractivity contribution in [2.75, 3.05) is 18.5 Å². The van der Waals surface area contributed by atoms with Gasteiger partial charge in [0.05, 0.1) is 0 Å². The van der Waals surface area contributed by atoms with Crippen LogP contribution in [0.4, 0.5) is 23.7 Å². The number of carbonyl (C=O) groups is 2. The number of halogens is 3. The number of nitrogens with one attached hydrogen (secondary N) is 2. The van der Waals surface area contributed by atoms with Gasteiger partial charge in [0.15, 0.2) is 6.61 Å². The molecule has 2 aromatic carbocycles. The number of hydrogen-bond donors (Lipinski definition) is 2. The van der Waals surface area contributed by atoms with E-state index in [1.807, 2.05) is 29.2 Å². The number of ether oxygens (including phenoxy) is 1. The molecule has 3 rings (SSSR count). The standard InChI is InChI=1S/C21H22F3N3O3/c22-21(23,24)14-30-18-8-6-17(7-9-18)26-20(29)25-12-15-3-1-4-16(11-15)13-27-10-2-5-19(27)28/h1,3-4,6-9,11H,2,5,10,12-14H2,(H2,25,26,29). The molecule has 0 unspecified atom stereocenters. The summed E-state index contributed by atoms with van der Waals surface area (Å²) in [5.74, 6) is 0.222. The van der Waals surface area contributed by atoms with Gasteiger partial charge < -0.3 is 20.3 Å². The summed E-state index contributed by atoms with van der Waals surface area (Å²) in [5.41, 5.74) is 2.32. The molecule has 1 fully saturated rings. The quantitative estimate of drug-likeness (QED) is 0.708. The Morgan fingerprint density at radius 2 is 1.83 bits per heavy atom. The molecule has 0 aromatic heterocycles. The van der Waals surface area contributed by atoms with Crippen LogP contribution in [-0.2, 0) is 17.9 Å². The Bertz CT molecular complexity index is 885. The third-order valence-electron chi connectivity index (χ3n) is 4.50. The Labute approximate surface area is 172 Å². The second kappa shape index (κ2) is 9.51. The van der Waals surface area contributed by atoms with Gasteiger partial charge in [0.1, 0.15) is 5.75 Å². The van der Waals surface area contributed by atoms with Crippen molar-refractivity contribution in [3.8, 4) is 5.75 Å². The zero-order chi connectivity index (χ0) is 21.6. The molecule has 0 bridgehead atoms. The fourth-order valence-electron chi connectivity index (χ4n) is 3.09. The van der Waals surface area contributed by atoms with Crippen LogP contribution in [0.2, 0.25) is 0 Å². The van der Waals surface area contributed by atoms with Crippen molar-refractivity contribution in [2.24, 2.45) is 0 Å². The second-order valence-corrected chi connectivity index (χ2v) is 6.97. The van der Waals surface area contributed by atoms with Crippen molar-refractivity contribution in [2.45, 2.75) is 32.1 Å². The number of hydrogen-bond acceptors (Lipinski definition) is 3. The van der Waals surface area contributed by atoms with Crippen LogP contribution in [0, 0.1) is 0 Å². The minimum Gasteiger partial charge on any atom is -0.484 e. The van der Waals surface area contributed by atoms with Gasteiger partial charge in [-0.05, 0) is 41.8 Å². The number of anilines is 1. The topological polar surface area (TPSA) is 70.7 Å². The monoisotopic (exact) mass is 421 g/mol. The van der Waals surface area contributed by atoms with E-state index in [0.717, 1.165) is 24.1 Å². The maximum Gasteiger partial charge on any atom is 0.422 e. The Hall–Kier alpha value is -3.23. The van der Waals surface area contributed by atoms with Crippen LogP contribution in [-0.4, -0.2) is 36.2 Å². The van der Waals surface area contributed by atoms with Gasteiger partial charge in [0.25, 0.3) is 0 Å². The first-order chi connectivity index (χ1) is 14.3. The van der Waals surface area contributed by atoms with Crippen LogP contribution in [0.1, 0.15) is 24.0 Å². The SMILES string of the molecule is O=C(NCc1cccc(CN2CCCC2=O)c1)Nc1ccc(OCC(F)(F)F)cc1. The first-order valence-corrected chi connectivity index (χ1v) is 9.48. The van der Waals surface area contributed by atoms with Crippen molar-refractivity contribution in [1.29, 1.82) is 0 Å². The number of nitrogens with zero attached hydrogens (tertiary/aromatic N) is 1. The summed E-state index contributed by atoms with van der Waals surface area (Å²) in [7, 11) is 0. The third-order valence-corrected chi connectivity index (χ3v) is 4.50. The maximum atomic E-state index is 12.2. The highest BCUT2D eigenvalue weighted by atomic mass is 19.4. The number of urea groups is 1. The average Bonchev–Trinajstić information content (AvgIpc) is 3.10. The molecule has 2 N–H and O–H groups in total. The fraction of sp³-hybridized carbons (Fsp3) is 0.333. The molecule has 9 heteroatoms. The van der Waals surface area contributed by atoms with Gasteiger partial charge in [0.2, 0.25) is 5.91 Å². The van der Waals surface area contributed by atoms with E-state index in [9.17, 15) is 22.8 Å². The number of likely N-dealkylation sites (tertiary alicyclic amines) is 1. The molecule has 1 aliphatic rings. The number of amides is 3. The normalized spacial score (nSPS) is 14.0. The molecule has 1 saturated heterocycles. The van der Waals surface area contributed by atoms with Crippen LogP contribution in [0.15, 0.2) is 48.5 Å². The third kappa shape index (κ3) is 6.68. The minimum absolute atomic E-state index is 0.0617. The Balaban J connectivity index is 1.46. The second-order valence-electron chi connectivity index (χ2n) is 6.97. The molecule has 2 aromatic rings. The van der Waals surface area contributed by atoms with E-state index in [1.165, 1.54) is 24.3 Å². The lowest BCUT2D eigenvalue weighted by molar-refractivity contribution is -0.153. The first-order valence-electron chi connectivity index (χ1n) is 9.48. The van der Waals surface area contributed by atoms with Crippen molar-refractivity contribution in [3.05, 3.63) is 59.7 Å². The van der Waals surface area contributed by atoms with E-state index in [0.29, 0.717) is 25.2 Å². The maximum absolute atomic E-state index is 12.2. The molecule has 0 aliphatic carbocycles. The largest absolute Gasteiger partial charge is 0.484 e. The highest BCUT2D eigenvalue weighted by Gasteiger charge is 2.28. The van der Waals surface area contributed by atoms with Crippen molar-refractivity contribution >= 4 is 17.6 Å². The van der Waals surface area contributed by atoms with Gasteiger partial charge in [-0.2, -0.15) is 13.2 Å². The lowest BCUT2D eigenvalue weighted by Crippen LogP contribution is -2.28. The molecule has 3 amide bonds. The molecule has 6 nitrogen and oxygen atoms in total. The molecule has 0 atom stereocenters. The summed E-state index contributed by atoms with van der Waals surface area (Å²) < 4.78 is 41.1. The number of benzene rings is 2. The summed E-state index contributed by atoms with van der Waals surface area (Å²) in [6.45, 7) is 0.247. The van der Waals surface area contributed by atoms with Gasteiger partial charge in [-0.3, -0.25) is 4.79 Å². The lowest BCUT2D eigenvalue weighted by atomic mass is 10.1. The smallest absolute Gasteiger partial charge is 0.422 e. The van der Waals surface area contributed by atoms with Crippen LogP contribution >= 0.6 is 0 Å². The molecule has 30 heavy (non-hydrogen) atoms. The van der Waals surface area contributed by atoms with Gasteiger partial charge in [0, 0.05) is 31.7 Å². The summed E-state index contributed by atoms with van der Waals surface area (Å²) in [6.07, 6.45) is -2.93. The molecule has 1 aliphatic heterocycles. The summed E-state index contributed by atoms with van der Waals surface area (Å²) >= 11 is 0. The van der Waals surface area contributed by atoms with E-state index in [-0.39, 0.29) is 11.7 Å². The predicted octanol–water partition coefficient (Wildman–Crippen LogP) is 4.07. The number of rotatable bonds is 7. The van der Waals surface area contributed by atoms with Crippen LogP contribution < -0.4 is 15.4 Å². The predicted molar refractivity (Wildman–Crippen MR) is 105 cm³/mol. The van der Waals surface area contributed by atoms with E-state index in [4.69, 9.17) is 0 Å². The molecular formula is C21H22F3N3O3. The zero-order valence-corrected chi connectivity index (χ0v) is 16.2. The Morgan fingerprint density at radius 1 is 1.10 bits per heavy atom. The fourth-order valence-corrected chi connectivity index (χ4v) is 3.09. The number of alkyl halides is 3. The first kappa shape index (κ1) is 21.5. The van der Waals surface area contributed by atoms with Gasteiger partial charge >= 0.3 is 12.2 Å². The Kier molecular flexibility index (Phi) is 6.81. The molecule has 0 saturated carbocycles. The van der Waals surface area contributed by atoms with Crippen molar-refractivity contribution in [3.63, 3.8) is 0 Å². The number of carbonyl (C=O) groups excluding carboxylic acids is 2. The average molecular weight is 421 g/mol. The van der Waals surface area contributed by atoms with Gasteiger partial charge in [-0.15, -0.1) is 0 Å². The van der Waals surface area contributed by atoms with Crippen LogP contribution in [0.3, 0.4) is 0 Å². The van der Waals surface area contributed by atoms with Gasteiger partial charge in [-0.1, -0.05) is 24.3 Å². The summed E-state index contributed by atoms with van der Waals surface area (Å²) in [6, 6.07) is 12.8. The van der Waals surface area contributed by atoms with Crippen LogP contribution in [0.25, 0.3) is 0 Å². The van der Waals surface area contributed by atoms with E-state index >= 15 is 0 Å². The molecular weight excluding hydrogens is 399 g/mol. The highest BCUT2D eigenvalue weighted by Crippen LogP contribution is 2.20. The highest BCUT2D eigenvalue weighted by molar-refractivity contribution is 5.89.